The Morgan fingerprint density at radius 3 is 2.47 bits per heavy atom. The summed E-state index contributed by atoms with van der Waals surface area (Å²) in [6.45, 7) is 6.27. The number of nitrogen functional groups attached to an aromatic ring is 1. The molecule has 1 aromatic carbocycles. The third-order valence-electron chi connectivity index (χ3n) is 2.80. The molecular formula is C13H22ClN3. The first-order valence-corrected chi connectivity index (χ1v) is 6.30. The van der Waals surface area contributed by atoms with Gasteiger partial charge >= 0.3 is 0 Å². The second kappa shape index (κ2) is 6.12. The van der Waals surface area contributed by atoms with Crippen molar-refractivity contribution in [2.75, 3.05) is 37.8 Å². The number of halogens is 1. The number of benzene rings is 1. The van der Waals surface area contributed by atoms with E-state index in [1.165, 1.54) is 0 Å². The van der Waals surface area contributed by atoms with Crippen LogP contribution in [0.2, 0.25) is 5.02 Å². The SMILES string of the molecule is CCN(c1ccc(Cl)cc1N)C(C)CN(C)C. The van der Waals surface area contributed by atoms with Gasteiger partial charge in [-0.2, -0.15) is 0 Å². The van der Waals surface area contributed by atoms with Gasteiger partial charge < -0.3 is 15.5 Å². The Morgan fingerprint density at radius 1 is 1.35 bits per heavy atom. The summed E-state index contributed by atoms with van der Waals surface area (Å²) in [7, 11) is 4.16. The molecule has 0 aliphatic heterocycles. The standard InChI is InChI=1S/C13H22ClN3/c1-5-17(10(2)9-16(3)4)13-7-6-11(14)8-12(13)15/h6-8,10H,5,9,15H2,1-4H3. The Kier molecular flexibility index (Phi) is 5.09. The van der Waals surface area contributed by atoms with E-state index < -0.39 is 0 Å². The van der Waals surface area contributed by atoms with Crippen molar-refractivity contribution in [2.24, 2.45) is 0 Å². The monoisotopic (exact) mass is 255 g/mol. The lowest BCUT2D eigenvalue weighted by molar-refractivity contribution is 0.373. The molecule has 96 valence electrons. The van der Waals surface area contributed by atoms with Gasteiger partial charge in [-0.05, 0) is 46.1 Å². The minimum absolute atomic E-state index is 0.415. The van der Waals surface area contributed by atoms with Crippen LogP contribution in [0.4, 0.5) is 11.4 Å². The summed E-state index contributed by atoms with van der Waals surface area (Å²) in [5.74, 6) is 0. The molecule has 0 aliphatic carbocycles. The molecule has 3 nitrogen and oxygen atoms in total. The molecular weight excluding hydrogens is 234 g/mol. The molecule has 1 unspecified atom stereocenters. The molecule has 4 heteroatoms. The minimum atomic E-state index is 0.415. The molecule has 0 aromatic heterocycles. The Bertz CT molecular complexity index is 366. The van der Waals surface area contributed by atoms with Crippen LogP contribution in [0.1, 0.15) is 13.8 Å². The van der Waals surface area contributed by atoms with E-state index in [-0.39, 0.29) is 0 Å². The Labute approximate surface area is 109 Å². The Morgan fingerprint density at radius 2 is 2.00 bits per heavy atom. The zero-order valence-corrected chi connectivity index (χ0v) is 11.8. The quantitative estimate of drug-likeness (QED) is 0.822. The van der Waals surface area contributed by atoms with E-state index >= 15 is 0 Å². The van der Waals surface area contributed by atoms with Crippen LogP contribution in [0.25, 0.3) is 0 Å². The summed E-state index contributed by atoms with van der Waals surface area (Å²) in [5.41, 5.74) is 7.83. The molecule has 0 heterocycles. The van der Waals surface area contributed by atoms with Gasteiger partial charge in [0.15, 0.2) is 0 Å². The highest BCUT2D eigenvalue weighted by molar-refractivity contribution is 6.31. The maximum Gasteiger partial charge on any atom is 0.0603 e. The number of likely N-dealkylation sites (N-methyl/N-ethyl adjacent to an activating group) is 2. The second-order valence-corrected chi connectivity index (χ2v) is 5.04. The Balaban J connectivity index is 2.93. The second-order valence-electron chi connectivity index (χ2n) is 4.60. The van der Waals surface area contributed by atoms with E-state index in [9.17, 15) is 0 Å². The van der Waals surface area contributed by atoms with Gasteiger partial charge in [0.2, 0.25) is 0 Å². The topological polar surface area (TPSA) is 32.5 Å². The molecule has 0 saturated carbocycles. The molecule has 0 amide bonds. The lowest BCUT2D eigenvalue weighted by Gasteiger charge is -2.33. The summed E-state index contributed by atoms with van der Waals surface area (Å²) in [6, 6.07) is 6.10. The van der Waals surface area contributed by atoms with Crippen molar-refractivity contribution in [2.45, 2.75) is 19.9 Å². The van der Waals surface area contributed by atoms with Crippen LogP contribution in [0, 0.1) is 0 Å². The molecule has 0 bridgehead atoms. The lowest BCUT2D eigenvalue weighted by atomic mass is 10.2. The zero-order valence-electron chi connectivity index (χ0n) is 11.1. The van der Waals surface area contributed by atoms with Crippen LogP contribution in [0.3, 0.4) is 0 Å². The van der Waals surface area contributed by atoms with Gasteiger partial charge in [-0.1, -0.05) is 11.6 Å². The van der Waals surface area contributed by atoms with Crippen molar-refractivity contribution in [3.8, 4) is 0 Å². The number of anilines is 2. The molecule has 0 radical (unpaired) electrons. The maximum absolute atomic E-state index is 6.03. The molecule has 1 atom stereocenters. The van der Waals surface area contributed by atoms with E-state index in [0.717, 1.165) is 24.5 Å². The highest BCUT2D eigenvalue weighted by Gasteiger charge is 2.15. The average Bonchev–Trinajstić information content (AvgIpc) is 2.21. The molecule has 0 aliphatic rings. The Hall–Kier alpha value is -0.930. The van der Waals surface area contributed by atoms with E-state index in [1.807, 2.05) is 18.2 Å². The van der Waals surface area contributed by atoms with Crippen molar-refractivity contribution in [3.63, 3.8) is 0 Å². The number of nitrogens with zero attached hydrogens (tertiary/aromatic N) is 2. The largest absolute Gasteiger partial charge is 0.397 e. The van der Waals surface area contributed by atoms with E-state index in [0.29, 0.717) is 11.1 Å². The third-order valence-corrected chi connectivity index (χ3v) is 3.04. The first-order valence-electron chi connectivity index (χ1n) is 5.92. The minimum Gasteiger partial charge on any atom is -0.397 e. The number of nitrogens with two attached hydrogens (primary N) is 1. The van der Waals surface area contributed by atoms with Gasteiger partial charge in [0.25, 0.3) is 0 Å². The van der Waals surface area contributed by atoms with Crippen molar-refractivity contribution in [3.05, 3.63) is 23.2 Å². The van der Waals surface area contributed by atoms with Crippen LogP contribution in [-0.4, -0.2) is 38.1 Å². The summed E-state index contributed by atoms with van der Waals surface area (Å²) in [5, 5.41) is 0.683. The van der Waals surface area contributed by atoms with Gasteiger partial charge in [-0.3, -0.25) is 0 Å². The van der Waals surface area contributed by atoms with Crippen LogP contribution in [0.15, 0.2) is 18.2 Å². The molecule has 2 N–H and O–H groups in total. The lowest BCUT2D eigenvalue weighted by Crippen LogP contribution is -2.40. The molecule has 1 aromatic rings. The normalized spacial score (nSPS) is 12.8. The van der Waals surface area contributed by atoms with Crippen LogP contribution < -0.4 is 10.6 Å². The zero-order chi connectivity index (χ0) is 13.0. The molecule has 1 rings (SSSR count). The summed E-state index contributed by atoms with van der Waals surface area (Å²) >= 11 is 5.92. The van der Waals surface area contributed by atoms with Gasteiger partial charge in [0.1, 0.15) is 0 Å². The first-order chi connectivity index (χ1) is 7.95. The summed E-state index contributed by atoms with van der Waals surface area (Å²) in [4.78, 5) is 4.48. The highest BCUT2D eigenvalue weighted by Crippen LogP contribution is 2.27. The van der Waals surface area contributed by atoms with Crippen LogP contribution in [0.5, 0.6) is 0 Å². The number of hydrogen-bond donors (Lipinski definition) is 1. The van der Waals surface area contributed by atoms with Gasteiger partial charge in [0.05, 0.1) is 11.4 Å². The smallest absolute Gasteiger partial charge is 0.0603 e. The van der Waals surface area contributed by atoms with Gasteiger partial charge in [-0.15, -0.1) is 0 Å². The molecule has 17 heavy (non-hydrogen) atoms. The van der Waals surface area contributed by atoms with Crippen molar-refractivity contribution in [1.82, 2.24) is 4.90 Å². The van der Waals surface area contributed by atoms with Gasteiger partial charge in [-0.25, -0.2) is 0 Å². The summed E-state index contributed by atoms with van der Waals surface area (Å²) in [6.07, 6.45) is 0. The van der Waals surface area contributed by atoms with Crippen LogP contribution >= 0.6 is 11.6 Å². The first kappa shape index (κ1) is 14.1. The van der Waals surface area contributed by atoms with E-state index in [1.54, 1.807) is 0 Å². The fraction of sp³-hybridized carbons (Fsp3) is 0.538. The molecule has 0 fully saturated rings. The fourth-order valence-electron chi connectivity index (χ4n) is 2.13. The molecule has 0 saturated heterocycles. The maximum atomic E-state index is 6.03. The van der Waals surface area contributed by atoms with Gasteiger partial charge in [0, 0.05) is 24.2 Å². The van der Waals surface area contributed by atoms with Crippen molar-refractivity contribution >= 4 is 23.0 Å². The number of hydrogen-bond acceptors (Lipinski definition) is 3. The summed E-state index contributed by atoms with van der Waals surface area (Å²) < 4.78 is 0. The highest BCUT2D eigenvalue weighted by atomic mass is 35.5. The fourth-order valence-corrected chi connectivity index (χ4v) is 2.31. The predicted octanol–water partition coefficient (Wildman–Crippen LogP) is 2.70. The van der Waals surface area contributed by atoms with Crippen molar-refractivity contribution in [1.29, 1.82) is 0 Å². The van der Waals surface area contributed by atoms with Crippen molar-refractivity contribution < 1.29 is 0 Å². The van der Waals surface area contributed by atoms with Crippen LogP contribution in [-0.2, 0) is 0 Å². The molecule has 0 spiro atoms. The predicted molar refractivity (Wildman–Crippen MR) is 76.9 cm³/mol. The third kappa shape index (κ3) is 3.79. The van der Waals surface area contributed by atoms with E-state index in [4.69, 9.17) is 17.3 Å². The average molecular weight is 256 g/mol. The van der Waals surface area contributed by atoms with E-state index in [2.05, 4.69) is 37.7 Å². The number of rotatable bonds is 5.